The Morgan fingerprint density at radius 3 is 3.00 bits per heavy atom. The number of carboxylic acids is 1. The van der Waals surface area contributed by atoms with Crippen LogP contribution < -0.4 is 0 Å². The highest BCUT2D eigenvalue weighted by Crippen LogP contribution is 2.13. The highest BCUT2D eigenvalue weighted by Gasteiger charge is 2.19. The minimum Gasteiger partial charge on any atom is -0.480 e. The lowest BCUT2D eigenvalue weighted by Gasteiger charge is -2.09. The molecule has 4 heteroatoms. The van der Waals surface area contributed by atoms with Gasteiger partial charge < -0.3 is 14.7 Å². The molecule has 0 saturated carbocycles. The van der Waals surface area contributed by atoms with E-state index < -0.39 is 5.97 Å². The van der Waals surface area contributed by atoms with Gasteiger partial charge >= 0.3 is 5.97 Å². The summed E-state index contributed by atoms with van der Waals surface area (Å²) < 4.78 is 5.00. The maximum Gasteiger partial charge on any atom is 0.329 e. The molecule has 1 rings (SSSR count). The van der Waals surface area contributed by atoms with Crippen molar-refractivity contribution in [3.8, 4) is 0 Å². The monoisotopic (exact) mass is 173 g/mol. The van der Waals surface area contributed by atoms with Crippen LogP contribution in [0.3, 0.4) is 0 Å². The van der Waals surface area contributed by atoms with Gasteiger partial charge in [0.2, 0.25) is 0 Å². The molecular formula is C8H15NO3. The molecule has 0 unspecified atom stereocenters. The second-order valence-corrected chi connectivity index (χ2v) is 3.33. The molecule has 1 fully saturated rings. The van der Waals surface area contributed by atoms with Gasteiger partial charge in [-0.3, -0.25) is 0 Å². The number of rotatable bonds is 4. The lowest BCUT2D eigenvalue weighted by molar-refractivity contribution is -0.142. The van der Waals surface area contributed by atoms with Crippen molar-refractivity contribution in [2.45, 2.75) is 6.42 Å². The van der Waals surface area contributed by atoms with Crippen molar-refractivity contribution in [2.24, 2.45) is 5.92 Å². The molecule has 70 valence electrons. The third-order valence-electron chi connectivity index (χ3n) is 2.07. The summed E-state index contributed by atoms with van der Waals surface area (Å²) in [5, 5.41) is 8.30. The molecule has 0 radical (unpaired) electrons. The van der Waals surface area contributed by atoms with E-state index in [9.17, 15) is 4.79 Å². The van der Waals surface area contributed by atoms with Crippen molar-refractivity contribution >= 4 is 5.97 Å². The Morgan fingerprint density at radius 2 is 2.50 bits per heavy atom. The average Bonchev–Trinajstić information content (AvgIpc) is 2.35. The third kappa shape index (κ3) is 3.19. The fourth-order valence-corrected chi connectivity index (χ4v) is 1.48. The van der Waals surface area contributed by atoms with Crippen molar-refractivity contribution < 1.29 is 14.6 Å². The van der Waals surface area contributed by atoms with Crippen LogP contribution in [0.25, 0.3) is 0 Å². The van der Waals surface area contributed by atoms with Gasteiger partial charge in [0.05, 0.1) is 6.61 Å². The summed E-state index contributed by atoms with van der Waals surface area (Å²) in [5.41, 5.74) is 0. The number of hydrogen-bond donors (Lipinski definition) is 1. The molecule has 0 spiro atoms. The van der Waals surface area contributed by atoms with Crippen LogP contribution in [-0.4, -0.2) is 49.3 Å². The van der Waals surface area contributed by atoms with E-state index >= 15 is 0 Å². The molecule has 1 N–H and O–H groups in total. The molecular weight excluding hydrogens is 158 g/mol. The Bertz CT molecular complexity index is 160. The zero-order chi connectivity index (χ0) is 8.97. The maximum atomic E-state index is 10.1. The third-order valence-corrected chi connectivity index (χ3v) is 2.07. The van der Waals surface area contributed by atoms with Crippen molar-refractivity contribution in [3.05, 3.63) is 0 Å². The van der Waals surface area contributed by atoms with E-state index in [1.807, 2.05) is 0 Å². The molecule has 1 saturated heterocycles. The molecule has 0 aliphatic carbocycles. The van der Waals surface area contributed by atoms with E-state index in [1.165, 1.54) is 0 Å². The Morgan fingerprint density at radius 1 is 1.75 bits per heavy atom. The fourth-order valence-electron chi connectivity index (χ4n) is 1.48. The molecule has 4 nitrogen and oxygen atoms in total. The van der Waals surface area contributed by atoms with Crippen LogP contribution in [0.15, 0.2) is 0 Å². The van der Waals surface area contributed by atoms with Crippen LogP contribution in [0.2, 0.25) is 0 Å². The molecule has 0 aromatic heterocycles. The SMILES string of the molecule is CN1CC[C@H](COCC(=O)O)C1. The zero-order valence-electron chi connectivity index (χ0n) is 7.32. The van der Waals surface area contributed by atoms with Crippen LogP contribution in [0, 0.1) is 5.92 Å². The first-order valence-electron chi connectivity index (χ1n) is 4.16. The minimum atomic E-state index is -0.888. The number of ether oxygens (including phenoxy) is 1. The maximum absolute atomic E-state index is 10.1. The van der Waals surface area contributed by atoms with Crippen molar-refractivity contribution in [2.75, 3.05) is 33.4 Å². The van der Waals surface area contributed by atoms with E-state index in [4.69, 9.17) is 9.84 Å². The molecule has 0 aromatic rings. The van der Waals surface area contributed by atoms with Crippen LogP contribution >= 0.6 is 0 Å². The summed E-state index contributed by atoms with van der Waals surface area (Å²) in [6.07, 6.45) is 1.12. The van der Waals surface area contributed by atoms with E-state index in [-0.39, 0.29) is 6.61 Å². The standard InChI is InChI=1S/C8H15NO3/c1-9-3-2-7(4-9)5-12-6-8(10)11/h7H,2-6H2,1H3,(H,10,11)/t7-/m0/s1. The van der Waals surface area contributed by atoms with Crippen molar-refractivity contribution in [1.29, 1.82) is 0 Å². The minimum absolute atomic E-state index is 0.166. The first kappa shape index (κ1) is 9.48. The van der Waals surface area contributed by atoms with Gasteiger partial charge in [-0.15, -0.1) is 0 Å². The van der Waals surface area contributed by atoms with Gasteiger partial charge in [-0.05, 0) is 25.9 Å². The number of nitrogens with zero attached hydrogens (tertiary/aromatic N) is 1. The molecule has 0 bridgehead atoms. The van der Waals surface area contributed by atoms with Crippen LogP contribution in [0.5, 0.6) is 0 Å². The lowest BCUT2D eigenvalue weighted by atomic mass is 10.1. The molecule has 1 aliphatic rings. The summed E-state index contributed by atoms with van der Waals surface area (Å²) >= 11 is 0. The number of carboxylic acid groups (broad SMARTS) is 1. The Hall–Kier alpha value is -0.610. The Labute approximate surface area is 72.1 Å². The smallest absolute Gasteiger partial charge is 0.329 e. The predicted octanol–water partition coefficient (Wildman–Crippen LogP) is 0.0393. The van der Waals surface area contributed by atoms with Crippen molar-refractivity contribution in [3.63, 3.8) is 0 Å². The van der Waals surface area contributed by atoms with Gasteiger partial charge in [0.1, 0.15) is 6.61 Å². The zero-order valence-corrected chi connectivity index (χ0v) is 7.32. The number of hydrogen-bond acceptors (Lipinski definition) is 3. The summed E-state index contributed by atoms with van der Waals surface area (Å²) in [6.45, 7) is 2.54. The number of likely N-dealkylation sites (tertiary alicyclic amines) is 1. The average molecular weight is 173 g/mol. The normalized spacial score (nSPS) is 24.6. The van der Waals surface area contributed by atoms with E-state index in [0.717, 1.165) is 19.5 Å². The second-order valence-electron chi connectivity index (χ2n) is 3.33. The topological polar surface area (TPSA) is 49.8 Å². The first-order valence-corrected chi connectivity index (χ1v) is 4.16. The molecule has 0 aromatic carbocycles. The van der Waals surface area contributed by atoms with Gasteiger partial charge in [0.15, 0.2) is 0 Å². The van der Waals surface area contributed by atoms with Gasteiger partial charge in [0, 0.05) is 6.54 Å². The number of aliphatic carboxylic acids is 1. The largest absolute Gasteiger partial charge is 0.480 e. The van der Waals surface area contributed by atoms with E-state index in [2.05, 4.69) is 11.9 Å². The first-order chi connectivity index (χ1) is 5.68. The van der Waals surface area contributed by atoms with Crippen LogP contribution in [0.1, 0.15) is 6.42 Å². The van der Waals surface area contributed by atoms with Crippen LogP contribution in [0.4, 0.5) is 0 Å². The molecule has 1 heterocycles. The molecule has 0 amide bonds. The van der Waals surface area contributed by atoms with Crippen molar-refractivity contribution in [1.82, 2.24) is 4.90 Å². The molecule has 12 heavy (non-hydrogen) atoms. The van der Waals surface area contributed by atoms with Gasteiger partial charge in [-0.1, -0.05) is 0 Å². The van der Waals surface area contributed by atoms with E-state index in [0.29, 0.717) is 12.5 Å². The van der Waals surface area contributed by atoms with Gasteiger partial charge in [-0.2, -0.15) is 0 Å². The fraction of sp³-hybridized carbons (Fsp3) is 0.875. The summed E-state index contributed by atoms with van der Waals surface area (Å²) in [5.74, 6) is -0.365. The highest BCUT2D eigenvalue weighted by molar-refractivity contribution is 5.67. The van der Waals surface area contributed by atoms with Gasteiger partial charge in [-0.25, -0.2) is 4.79 Å². The molecule has 1 aliphatic heterocycles. The summed E-state index contributed by atoms with van der Waals surface area (Å²) in [4.78, 5) is 12.3. The highest BCUT2D eigenvalue weighted by atomic mass is 16.5. The Kier molecular flexibility index (Phi) is 3.49. The predicted molar refractivity (Wildman–Crippen MR) is 44.1 cm³/mol. The summed E-state index contributed by atoms with van der Waals surface area (Å²) in [7, 11) is 2.07. The quantitative estimate of drug-likeness (QED) is 0.652. The van der Waals surface area contributed by atoms with Gasteiger partial charge in [0.25, 0.3) is 0 Å². The molecule has 1 atom stereocenters. The summed E-state index contributed by atoms with van der Waals surface area (Å²) in [6, 6.07) is 0. The van der Waals surface area contributed by atoms with Crippen LogP contribution in [-0.2, 0) is 9.53 Å². The number of carbonyl (C=O) groups is 1. The van der Waals surface area contributed by atoms with E-state index in [1.54, 1.807) is 0 Å². The Balaban J connectivity index is 2.04. The second kappa shape index (κ2) is 4.42. The lowest BCUT2D eigenvalue weighted by Crippen LogP contribution is -2.18.